The van der Waals surface area contributed by atoms with Gasteiger partial charge in [-0.05, 0) is 103 Å². The third-order valence-electron chi connectivity index (χ3n) is 10.8. The lowest BCUT2D eigenvalue weighted by molar-refractivity contribution is 0.660. The molecule has 0 bridgehead atoms. The van der Waals surface area contributed by atoms with E-state index in [0.29, 0.717) is 21.9 Å². The molecular formula is C50H36N4O2. The Labute approximate surface area is 324 Å². The molecule has 3 heterocycles. The first-order chi connectivity index (χ1) is 27.5. The summed E-state index contributed by atoms with van der Waals surface area (Å²) in [5.74, 6) is 0. The molecule has 2 aromatic heterocycles. The normalized spacial score (nSPS) is 12.6. The molecule has 1 aliphatic rings. The fraction of sp³-hybridized carbons (Fsp3) is 0.0200. The lowest BCUT2D eigenvalue weighted by Gasteiger charge is -2.40. The predicted octanol–water partition coefficient (Wildman–Crippen LogP) is 13.0. The van der Waals surface area contributed by atoms with Crippen molar-refractivity contribution in [2.75, 3.05) is 21.7 Å². The van der Waals surface area contributed by atoms with E-state index in [9.17, 15) is 4.79 Å². The number of benzene rings is 7. The summed E-state index contributed by atoms with van der Waals surface area (Å²) in [5, 5.41) is 3.40. The van der Waals surface area contributed by atoms with Crippen LogP contribution in [0.5, 0.6) is 0 Å². The van der Waals surface area contributed by atoms with Gasteiger partial charge in [0.1, 0.15) is 11.2 Å². The number of anilines is 7. The number of fused-ring (bicyclic) bond motifs is 7. The van der Waals surface area contributed by atoms with Gasteiger partial charge in [-0.1, -0.05) is 86.0 Å². The van der Waals surface area contributed by atoms with Gasteiger partial charge in [0, 0.05) is 46.3 Å². The molecular weight excluding hydrogens is 689 g/mol. The van der Waals surface area contributed by atoms with Crippen molar-refractivity contribution < 1.29 is 4.42 Å². The van der Waals surface area contributed by atoms with Crippen LogP contribution in [0.2, 0.25) is 0 Å². The van der Waals surface area contributed by atoms with Crippen LogP contribution in [0.25, 0.3) is 49.4 Å². The van der Waals surface area contributed by atoms with Crippen molar-refractivity contribution in [3.05, 3.63) is 205 Å². The van der Waals surface area contributed by atoms with E-state index >= 15 is 0 Å². The number of nitrogens with zero attached hydrogens (tertiary/aromatic N) is 4. The highest BCUT2D eigenvalue weighted by Crippen LogP contribution is 2.54. The second kappa shape index (κ2) is 13.1. The number of para-hydroxylation sites is 4. The summed E-state index contributed by atoms with van der Waals surface area (Å²) in [5.41, 5.74) is 12.0. The van der Waals surface area contributed by atoms with Crippen LogP contribution in [0, 0.1) is 0 Å². The summed E-state index contributed by atoms with van der Waals surface area (Å²) in [4.78, 5) is 20.8. The maximum Gasteiger partial charge on any atom is 0.200 e. The highest BCUT2D eigenvalue weighted by Gasteiger charge is 2.31. The van der Waals surface area contributed by atoms with Crippen molar-refractivity contribution in [3.63, 3.8) is 0 Å². The summed E-state index contributed by atoms with van der Waals surface area (Å²) < 4.78 is 8.62. The Morgan fingerprint density at radius 1 is 0.571 bits per heavy atom. The molecule has 0 unspecified atom stereocenters. The molecule has 56 heavy (non-hydrogen) atoms. The third-order valence-corrected chi connectivity index (χ3v) is 10.8. The zero-order valence-electron chi connectivity index (χ0n) is 30.8. The number of aromatic nitrogens is 1. The Morgan fingerprint density at radius 2 is 1.27 bits per heavy atom. The average Bonchev–Trinajstić information content (AvgIpc) is 3.57. The molecule has 7 aromatic carbocycles. The van der Waals surface area contributed by atoms with Crippen molar-refractivity contribution in [1.82, 2.24) is 4.57 Å². The van der Waals surface area contributed by atoms with Crippen LogP contribution in [0.1, 0.15) is 0 Å². The number of hydrogen-bond acceptors (Lipinski definition) is 5. The molecule has 6 heteroatoms. The second-order valence-corrected chi connectivity index (χ2v) is 13.9. The van der Waals surface area contributed by atoms with Gasteiger partial charge in [0.15, 0.2) is 0 Å². The van der Waals surface area contributed by atoms with Gasteiger partial charge in [0.25, 0.3) is 0 Å². The quantitative estimate of drug-likeness (QED) is 0.121. The van der Waals surface area contributed by atoms with Crippen LogP contribution >= 0.6 is 0 Å². The second-order valence-electron chi connectivity index (χ2n) is 13.9. The molecule has 10 rings (SSSR count). The minimum absolute atomic E-state index is 0.0629. The van der Waals surface area contributed by atoms with Gasteiger partial charge in [0.2, 0.25) is 5.43 Å². The summed E-state index contributed by atoms with van der Waals surface area (Å²) in [6.07, 6.45) is 5.59. The first-order valence-electron chi connectivity index (χ1n) is 18.6. The first kappa shape index (κ1) is 33.0. The number of allylic oxidation sites excluding steroid dienone is 3. The lowest BCUT2D eigenvalue weighted by atomic mass is 10.0. The van der Waals surface area contributed by atoms with Crippen LogP contribution in [0.3, 0.4) is 0 Å². The van der Waals surface area contributed by atoms with Crippen LogP contribution in [0.4, 0.5) is 39.8 Å². The molecule has 0 atom stereocenters. The minimum Gasteiger partial charge on any atom is -0.456 e. The van der Waals surface area contributed by atoms with E-state index in [-0.39, 0.29) is 5.43 Å². The molecule has 0 saturated heterocycles. The van der Waals surface area contributed by atoms with Crippen molar-refractivity contribution >= 4 is 83.6 Å². The van der Waals surface area contributed by atoms with Crippen molar-refractivity contribution in [2.24, 2.45) is 0 Å². The fourth-order valence-corrected chi connectivity index (χ4v) is 8.26. The van der Waals surface area contributed by atoms with Crippen LogP contribution in [-0.2, 0) is 0 Å². The van der Waals surface area contributed by atoms with Crippen molar-refractivity contribution in [1.29, 1.82) is 0 Å². The zero-order valence-corrected chi connectivity index (χ0v) is 30.8. The van der Waals surface area contributed by atoms with Crippen LogP contribution in [-0.4, -0.2) is 11.6 Å². The Bertz CT molecular complexity index is 3120. The number of hydrogen-bond donors (Lipinski definition) is 0. The van der Waals surface area contributed by atoms with Crippen LogP contribution in [0.15, 0.2) is 204 Å². The Kier molecular flexibility index (Phi) is 7.71. The van der Waals surface area contributed by atoms with E-state index < -0.39 is 0 Å². The fourth-order valence-electron chi connectivity index (χ4n) is 8.26. The smallest absolute Gasteiger partial charge is 0.200 e. The topological polar surface area (TPSA) is 44.9 Å². The van der Waals surface area contributed by atoms with E-state index in [1.165, 1.54) is 5.39 Å². The summed E-state index contributed by atoms with van der Waals surface area (Å²) >= 11 is 0. The standard InChI is InChI=1S/C50H36N4O2/c1-4-16-33(5-2)52(34-17-8-6-9-18-34)37-25-27-43-46(30-37)54(36-26-28-49-41(29-36)50(55)39-22-13-15-24-48(39)56-49)47-32-44-40(31-45(47)51(43)3)38-21-12-14-23-42(38)53(44)35-19-10-7-11-20-35/h4-32H,1-2H2,3H3/b33-16+. The maximum atomic E-state index is 14.1. The first-order valence-corrected chi connectivity index (χ1v) is 18.6. The van der Waals surface area contributed by atoms with Gasteiger partial charge >= 0.3 is 0 Å². The maximum absolute atomic E-state index is 14.1. The lowest BCUT2D eigenvalue weighted by Crippen LogP contribution is -2.25. The molecule has 0 spiro atoms. The molecule has 0 saturated carbocycles. The SMILES string of the molecule is C=C/C=C(\C=C)N(c1ccccc1)c1ccc2c(c1)N(c1ccc3oc4ccccc4c(=O)c3c1)c1cc3c(cc1N2C)c1ccccc1n3-c1ccccc1. The van der Waals surface area contributed by atoms with E-state index in [1.54, 1.807) is 6.08 Å². The molecule has 1 aliphatic heterocycles. The monoisotopic (exact) mass is 724 g/mol. The molecule has 9 aromatic rings. The Balaban J connectivity index is 1.28. The van der Waals surface area contributed by atoms with E-state index in [1.807, 2.05) is 78.9 Å². The molecule has 268 valence electrons. The highest BCUT2D eigenvalue weighted by molar-refractivity contribution is 6.14. The highest BCUT2D eigenvalue weighted by atomic mass is 16.3. The van der Waals surface area contributed by atoms with Gasteiger partial charge in [-0.15, -0.1) is 0 Å². The summed E-state index contributed by atoms with van der Waals surface area (Å²) in [6.45, 7) is 8.16. The predicted molar refractivity (Wildman–Crippen MR) is 234 cm³/mol. The molecule has 0 radical (unpaired) electrons. The van der Waals surface area contributed by atoms with Gasteiger partial charge in [-0.3, -0.25) is 4.79 Å². The molecule has 0 amide bonds. The Hall–Kier alpha value is -7.57. The van der Waals surface area contributed by atoms with Crippen LogP contribution < -0.4 is 20.1 Å². The third kappa shape index (κ3) is 5.07. The largest absolute Gasteiger partial charge is 0.456 e. The molecule has 6 nitrogen and oxygen atoms in total. The van der Waals surface area contributed by atoms with Gasteiger partial charge in [-0.25, -0.2) is 0 Å². The molecule has 0 N–H and O–H groups in total. The molecule has 0 fully saturated rings. The summed E-state index contributed by atoms with van der Waals surface area (Å²) in [7, 11) is 2.12. The van der Waals surface area contributed by atoms with Gasteiger partial charge < -0.3 is 23.7 Å². The zero-order chi connectivity index (χ0) is 37.9. The minimum atomic E-state index is -0.0629. The average molecular weight is 725 g/mol. The van der Waals surface area contributed by atoms with E-state index in [0.717, 1.165) is 67.6 Å². The van der Waals surface area contributed by atoms with E-state index in [2.05, 4.69) is 130 Å². The molecule has 0 aliphatic carbocycles. The Morgan fingerprint density at radius 3 is 2.05 bits per heavy atom. The van der Waals surface area contributed by atoms with Crippen molar-refractivity contribution in [2.45, 2.75) is 0 Å². The van der Waals surface area contributed by atoms with Gasteiger partial charge in [0.05, 0.1) is 44.6 Å². The number of rotatable bonds is 7. The van der Waals surface area contributed by atoms with Crippen molar-refractivity contribution in [3.8, 4) is 5.69 Å². The van der Waals surface area contributed by atoms with Gasteiger partial charge in [-0.2, -0.15) is 0 Å². The van der Waals surface area contributed by atoms with E-state index in [4.69, 9.17) is 4.42 Å². The summed E-state index contributed by atoms with van der Waals surface area (Å²) in [6, 6.07) is 53.8.